The molecule has 2 unspecified atom stereocenters. The Labute approximate surface area is 144 Å². The number of aliphatic imine (C=N–C) groups is 1. The largest absolute Gasteiger partial charge is 0.356 e. The molecule has 2 N–H and O–H groups in total. The molecular formula is C18H29N5O. The van der Waals surface area contributed by atoms with Gasteiger partial charge in [-0.2, -0.15) is 0 Å². The summed E-state index contributed by atoms with van der Waals surface area (Å²) in [5.41, 5.74) is 0.889. The minimum absolute atomic E-state index is 0.0450. The van der Waals surface area contributed by atoms with Gasteiger partial charge in [0.2, 0.25) is 5.91 Å². The van der Waals surface area contributed by atoms with E-state index in [-0.39, 0.29) is 5.91 Å². The Morgan fingerprint density at radius 1 is 1.33 bits per heavy atom. The average Bonchev–Trinajstić information content (AvgIpc) is 2.50. The highest BCUT2D eigenvalue weighted by Crippen LogP contribution is 2.20. The molecular weight excluding hydrogens is 302 g/mol. The van der Waals surface area contributed by atoms with Gasteiger partial charge in [0.15, 0.2) is 5.96 Å². The molecule has 0 radical (unpaired) electrons. The quantitative estimate of drug-likeness (QED) is 0.656. The lowest BCUT2D eigenvalue weighted by Crippen LogP contribution is -2.48. The number of rotatable bonds is 4. The molecule has 0 aliphatic carbocycles. The maximum atomic E-state index is 12.0. The first-order chi connectivity index (χ1) is 11.5. The van der Waals surface area contributed by atoms with E-state index in [2.05, 4.69) is 39.4 Å². The van der Waals surface area contributed by atoms with Crippen LogP contribution in [0.5, 0.6) is 0 Å². The number of pyridine rings is 1. The Kier molecular flexibility index (Phi) is 6.58. The maximum absolute atomic E-state index is 12.0. The van der Waals surface area contributed by atoms with Gasteiger partial charge < -0.3 is 15.5 Å². The molecule has 24 heavy (non-hydrogen) atoms. The van der Waals surface area contributed by atoms with Crippen LogP contribution in [0.2, 0.25) is 0 Å². The molecule has 0 aromatic carbocycles. The number of aromatic nitrogens is 1. The van der Waals surface area contributed by atoms with Crippen molar-refractivity contribution in [2.75, 3.05) is 32.0 Å². The van der Waals surface area contributed by atoms with Crippen LogP contribution in [0.1, 0.15) is 32.4 Å². The molecule has 0 bridgehead atoms. The summed E-state index contributed by atoms with van der Waals surface area (Å²) in [5, 5.41) is 6.13. The van der Waals surface area contributed by atoms with E-state index < -0.39 is 0 Å². The second kappa shape index (κ2) is 8.66. The number of piperidine rings is 1. The molecule has 0 saturated carbocycles. The molecule has 2 atom stereocenters. The first-order valence-electron chi connectivity index (χ1n) is 8.67. The summed E-state index contributed by atoms with van der Waals surface area (Å²) in [4.78, 5) is 23.0. The minimum Gasteiger partial charge on any atom is -0.356 e. The highest BCUT2D eigenvalue weighted by Gasteiger charge is 2.23. The number of guanidine groups is 1. The van der Waals surface area contributed by atoms with Crippen LogP contribution in [0, 0.1) is 18.8 Å². The summed E-state index contributed by atoms with van der Waals surface area (Å²) >= 11 is 0. The van der Waals surface area contributed by atoms with Crippen LogP contribution in [0.15, 0.2) is 23.2 Å². The number of nitrogens with zero attached hydrogens (tertiary/aromatic N) is 3. The number of hydrogen-bond donors (Lipinski definition) is 2. The zero-order valence-electron chi connectivity index (χ0n) is 15.2. The second-order valence-electron chi connectivity index (χ2n) is 6.79. The van der Waals surface area contributed by atoms with Gasteiger partial charge in [-0.25, -0.2) is 4.98 Å². The average molecular weight is 331 g/mol. The number of hydrogen-bond acceptors (Lipinski definition) is 3. The van der Waals surface area contributed by atoms with E-state index in [1.807, 2.05) is 19.1 Å². The predicted molar refractivity (Wildman–Crippen MR) is 98.1 cm³/mol. The number of nitrogens with one attached hydrogen (secondary N) is 2. The number of likely N-dealkylation sites (tertiary alicyclic amines) is 1. The molecule has 1 fully saturated rings. The lowest BCUT2D eigenvalue weighted by Gasteiger charge is -2.37. The summed E-state index contributed by atoms with van der Waals surface area (Å²) in [5.74, 6) is 2.78. The monoisotopic (exact) mass is 331 g/mol. The Hall–Kier alpha value is -2.11. The van der Waals surface area contributed by atoms with Crippen molar-refractivity contribution in [1.29, 1.82) is 0 Å². The lowest BCUT2D eigenvalue weighted by atomic mass is 9.92. The predicted octanol–water partition coefficient (Wildman–Crippen LogP) is 2.27. The molecule has 6 heteroatoms. The fraction of sp³-hybridized carbons (Fsp3) is 0.611. The number of aryl methyl sites for hydroxylation is 1. The standard InChI is InChI=1S/C18H29N5O/c1-13-10-14(2)12-23(11-13)18(19-4)20-9-8-17(24)22-16-7-5-6-15(3)21-16/h5-7,13-14H,8-12H2,1-4H3,(H,19,20)(H,21,22,24). The summed E-state index contributed by atoms with van der Waals surface area (Å²) < 4.78 is 0. The van der Waals surface area contributed by atoms with Crippen LogP contribution in [0.3, 0.4) is 0 Å². The smallest absolute Gasteiger partial charge is 0.227 e. The SMILES string of the molecule is CN=C(NCCC(=O)Nc1cccc(C)n1)N1CC(C)CC(C)C1. The minimum atomic E-state index is -0.0450. The zero-order chi connectivity index (χ0) is 17.5. The second-order valence-corrected chi connectivity index (χ2v) is 6.79. The molecule has 1 aromatic heterocycles. The van der Waals surface area contributed by atoms with Crippen molar-refractivity contribution in [1.82, 2.24) is 15.2 Å². The van der Waals surface area contributed by atoms with E-state index in [4.69, 9.17) is 0 Å². The molecule has 1 saturated heterocycles. The third kappa shape index (κ3) is 5.51. The number of carbonyl (C=O) groups excluding carboxylic acids is 1. The van der Waals surface area contributed by atoms with Gasteiger partial charge in [-0.05, 0) is 37.3 Å². The molecule has 132 valence electrons. The Morgan fingerprint density at radius 2 is 2.04 bits per heavy atom. The van der Waals surface area contributed by atoms with E-state index in [0.717, 1.165) is 24.7 Å². The molecule has 1 amide bonds. The highest BCUT2D eigenvalue weighted by molar-refractivity contribution is 5.90. The Bertz CT molecular complexity index is 577. The summed E-state index contributed by atoms with van der Waals surface area (Å²) in [7, 11) is 1.79. The van der Waals surface area contributed by atoms with Gasteiger partial charge in [-0.3, -0.25) is 9.79 Å². The van der Waals surface area contributed by atoms with Crippen molar-refractivity contribution in [2.24, 2.45) is 16.8 Å². The van der Waals surface area contributed by atoms with Crippen LogP contribution >= 0.6 is 0 Å². The summed E-state index contributed by atoms with van der Waals surface area (Å²) in [6, 6.07) is 5.59. The topological polar surface area (TPSA) is 69.6 Å². The molecule has 1 aromatic rings. The van der Waals surface area contributed by atoms with Crippen molar-refractivity contribution in [2.45, 2.75) is 33.6 Å². The van der Waals surface area contributed by atoms with Crippen LogP contribution in [0.4, 0.5) is 5.82 Å². The number of anilines is 1. The van der Waals surface area contributed by atoms with E-state index in [0.29, 0.717) is 30.6 Å². The summed E-state index contributed by atoms with van der Waals surface area (Å²) in [6.45, 7) is 9.05. The van der Waals surface area contributed by atoms with E-state index in [1.54, 1.807) is 13.1 Å². The van der Waals surface area contributed by atoms with Gasteiger partial charge in [0.1, 0.15) is 5.82 Å². The third-order valence-corrected chi connectivity index (χ3v) is 4.17. The first-order valence-corrected chi connectivity index (χ1v) is 8.67. The van der Waals surface area contributed by atoms with Crippen LogP contribution in [0.25, 0.3) is 0 Å². The fourth-order valence-corrected chi connectivity index (χ4v) is 3.27. The van der Waals surface area contributed by atoms with Crippen molar-refractivity contribution in [3.05, 3.63) is 23.9 Å². The first kappa shape index (κ1) is 18.2. The lowest BCUT2D eigenvalue weighted by molar-refractivity contribution is -0.116. The molecule has 2 rings (SSSR count). The molecule has 6 nitrogen and oxygen atoms in total. The van der Waals surface area contributed by atoms with Gasteiger partial charge in [-0.15, -0.1) is 0 Å². The van der Waals surface area contributed by atoms with Gasteiger partial charge >= 0.3 is 0 Å². The van der Waals surface area contributed by atoms with E-state index >= 15 is 0 Å². The van der Waals surface area contributed by atoms with Gasteiger partial charge in [0.05, 0.1) is 0 Å². The third-order valence-electron chi connectivity index (χ3n) is 4.17. The van der Waals surface area contributed by atoms with Gasteiger partial charge in [0, 0.05) is 38.8 Å². The number of carbonyl (C=O) groups is 1. The van der Waals surface area contributed by atoms with Crippen molar-refractivity contribution in [3.63, 3.8) is 0 Å². The number of amides is 1. The summed E-state index contributed by atoms with van der Waals surface area (Å²) in [6.07, 6.45) is 1.65. The van der Waals surface area contributed by atoms with Crippen LogP contribution in [-0.4, -0.2) is 48.4 Å². The zero-order valence-corrected chi connectivity index (χ0v) is 15.2. The Morgan fingerprint density at radius 3 is 2.67 bits per heavy atom. The maximum Gasteiger partial charge on any atom is 0.227 e. The van der Waals surface area contributed by atoms with E-state index in [9.17, 15) is 4.79 Å². The Balaban J connectivity index is 1.78. The molecule has 1 aliphatic heterocycles. The van der Waals surface area contributed by atoms with Crippen LogP contribution in [-0.2, 0) is 4.79 Å². The molecule has 0 spiro atoms. The van der Waals surface area contributed by atoms with Crippen molar-refractivity contribution < 1.29 is 4.79 Å². The van der Waals surface area contributed by atoms with Gasteiger partial charge in [-0.1, -0.05) is 19.9 Å². The normalized spacial score (nSPS) is 21.5. The van der Waals surface area contributed by atoms with Gasteiger partial charge in [0.25, 0.3) is 0 Å². The highest BCUT2D eigenvalue weighted by atomic mass is 16.1. The fourth-order valence-electron chi connectivity index (χ4n) is 3.27. The van der Waals surface area contributed by atoms with E-state index in [1.165, 1.54) is 6.42 Å². The molecule has 2 heterocycles. The van der Waals surface area contributed by atoms with Crippen molar-refractivity contribution >= 4 is 17.7 Å². The van der Waals surface area contributed by atoms with Crippen molar-refractivity contribution in [3.8, 4) is 0 Å². The molecule has 1 aliphatic rings. The van der Waals surface area contributed by atoms with Crippen LogP contribution < -0.4 is 10.6 Å².